The largest absolute Gasteiger partial charge is 0.490 e. The molecular weight excluding hydrogens is 574 g/mol. The third-order valence-electron chi connectivity index (χ3n) is 6.34. The zero-order valence-corrected chi connectivity index (χ0v) is 27.1. The first-order valence-corrected chi connectivity index (χ1v) is 14.5. The van der Waals surface area contributed by atoms with Crippen LogP contribution in [-0.4, -0.2) is 56.3 Å². The van der Waals surface area contributed by atoms with Crippen molar-refractivity contribution in [1.29, 1.82) is 0 Å². The van der Waals surface area contributed by atoms with Gasteiger partial charge in [-0.2, -0.15) is 0 Å². The van der Waals surface area contributed by atoms with Crippen LogP contribution < -0.4 is 16.0 Å². The lowest BCUT2D eigenvalue weighted by Crippen LogP contribution is -2.52. The zero-order chi connectivity index (χ0) is 32.6. The number of hydrogen-bond donors (Lipinski definition) is 3. The van der Waals surface area contributed by atoms with Crippen molar-refractivity contribution in [3.8, 4) is 0 Å². The summed E-state index contributed by atoms with van der Waals surface area (Å²) >= 11 is 5.89. The monoisotopic (exact) mass is 619 g/mol. The summed E-state index contributed by atoms with van der Waals surface area (Å²) < 4.78 is 15.7. The van der Waals surface area contributed by atoms with Crippen LogP contribution >= 0.6 is 11.6 Å². The van der Waals surface area contributed by atoms with Crippen LogP contribution in [0.15, 0.2) is 71.2 Å². The Labute approximate surface area is 260 Å². The molecule has 0 aromatic rings. The molecule has 0 aromatic heterocycles. The summed E-state index contributed by atoms with van der Waals surface area (Å²) in [7, 11) is 2.91. The Morgan fingerprint density at radius 2 is 1.84 bits per heavy atom. The summed E-state index contributed by atoms with van der Waals surface area (Å²) in [5, 5.41) is 8.45. The van der Waals surface area contributed by atoms with Crippen molar-refractivity contribution in [3.05, 3.63) is 71.2 Å². The second kappa shape index (κ2) is 18.7. The Balaban J connectivity index is 2.71. The van der Waals surface area contributed by atoms with Crippen LogP contribution in [0.5, 0.6) is 0 Å². The first kappa shape index (κ1) is 37.2. The van der Waals surface area contributed by atoms with Crippen molar-refractivity contribution in [2.75, 3.05) is 14.2 Å². The number of ether oxygens (including phenoxy) is 3. The van der Waals surface area contributed by atoms with Gasteiger partial charge in [0.2, 0.25) is 11.8 Å². The minimum Gasteiger partial charge on any atom is -0.490 e. The summed E-state index contributed by atoms with van der Waals surface area (Å²) in [6.45, 7) is 11.2. The highest BCUT2D eigenvalue weighted by molar-refractivity contribution is 6.29. The average molecular weight is 620 g/mol. The topological polar surface area (TPSA) is 132 Å². The van der Waals surface area contributed by atoms with Crippen molar-refractivity contribution in [3.63, 3.8) is 0 Å². The normalized spacial score (nSPS) is 18.6. The van der Waals surface area contributed by atoms with Crippen LogP contribution in [0, 0.1) is 11.3 Å². The van der Waals surface area contributed by atoms with Crippen LogP contribution in [0.4, 0.5) is 4.79 Å². The molecular formula is C32H46ClN3O7. The Hall–Kier alpha value is -3.79. The molecule has 10 nitrogen and oxygen atoms in total. The van der Waals surface area contributed by atoms with E-state index in [-0.39, 0.29) is 23.7 Å². The van der Waals surface area contributed by atoms with E-state index in [1.165, 1.54) is 26.4 Å². The average Bonchev–Trinajstić information content (AvgIpc) is 2.93. The first-order chi connectivity index (χ1) is 20.2. The van der Waals surface area contributed by atoms with Crippen LogP contribution in [-0.2, 0) is 28.6 Å². The van der Waals surface area contributed by atoms with Gasteiger partial charge < -0.3 is 30.2 Å². The summed E-state index contributed by atoms with van der Waals surface area (Å²) in [6, 6.07) is -0.814. The van der Waals surface area contributed by atoms with Gasteiger partial charge in [0.1, 0.15) is 18.2 Å². The first-order valence-electron chi connectivity index (χ1n) is 14.1. The third-order valence-corrected chi connectivity index (χ3v) is 6.50. The standard InChI is InChI=1S/C32H46ClN3O7/c1-21(20-22(2)25-17-18-26(41-8)30(39)43-25)12-9-10-14-27(37)36-28(32(4,5)6)29(38)35-19-11-13-24(16-15-23(3)33)42-31(40)34-7/h9-12,14-15,18-20,22,24-25,28H,13,16-17H2,1-8H3,(H,34,40)(H,35,38)(H,36,37)/b12-9-,14-10+,19-11-,21-20+,23-15+/t22-,24+,25-,28+/m0/s1. The molecule has 0 spiro atoms. The van der Waals surface area contributed by atoms with Crippen LogP contribution in [0.1, 0.15) is 60.8 Å². The number of carbonyl (C=O) groups excluding carboxylic acids is 4. The molecule has 0 aliphatic carbocycles. The number of hydrogen-bond acceptors (Lipinski definition) is 7. The maximum absolute atomic E-state index is 12.9. The van der Waals surface area contributed by atoms with Gasteiger partial charge in [-0.3, -0.25) is 9.59 Å². The third kappa shape index (κ3) is 14.8. The highest BCUT2D eigenvalue weighted by atomic mass is 35.5. The second-order valence-electron chi connectivity index (χ2n) is 11.2. The van der Waals surface area contributed by atoms with Crippen molar-refractivity contribution in [2.24, 2.45) is 11.3 Å². The molecule has 0 bridgehead atoms. The van der Waals surface area contributed by atoms with E-state index in [1.54, 1.807) is 37.3 Å². The Morgan fingerprint density at radius 1 is 1.16 bits per heavy atom. The maximum atomic E-state index is 12.9. The number of carbonyl (C=O) groups is 4. The van der Waals surface area contributed by atoms with E-state index >= 15 is 0 Å². The van der Waals surface area contributed by atoms with Gasteiger partial charge in [-0.05, 0) is 31.5 Å². The maximum Gasteiger partial charge on any atom is 0.407 e. The number of halogens is 1. The molecule has 0 saturated heterocycles. The fraction of sp³-hybridized carbons (Fsp3) is 0.500. The number of alkyl carbamates (subject to hydrolysis) is 1. The van der Waals surface area contributed by atoms with Gasteiger partial charge in [0.05, 0.1) is 7.11 Å². The molecule has 0 fully saturated rings. The summed E-state index contributed by atoms with van der Waals surface area (Å²) in [5.74, 6) is -1.07. The lowest BCUT2D eigenvalue weighted by molar-refractivity contribution is -0.151. The number of rotatable bonds is 14. The minimum atomic E-state index is -0.814. The predicted molar refractivity (Wildman–Crippen MR) is 168 cm³/mol. The number of methoxy groups -OCH3 is 1. The van der Waals surface area contributed by atoms with Gasteiger partial charge in [-0.1, -0.05) is 81.3 Å². The van der Waals surface area contributed by atoms with E-state index in [1.807, 2.05) is 46.8 Å². The van der Waals surface area contributed by atoms with Crippen molar-refractivity contribution >= 4 is 35.5 Å². The fourth-order valence-electron chi connectivity index (χ4n) is 3.97. The second-order valence-corrected chi connectivity index (χ2v) is 11.8. The Morgan fingerprint density at radius 3 is 2.42 bits per heavy atom. The SMILES string of the molecule is CNC(=O)O[C@H](C/C=C\NC(=O)[C@@H](NC(=O)/C=C/C=C\C(C)=C\[C@H](C)[C@@H]1CC=C(OC)C(=O)O1)C(C)(C)C)C/C=C(\C)Cl. The van der Waals surface area contributed by atoms with E-state index in [2.05, 4.69) is 16.0 Å². The lowest BCUT2D eigenvalue weighted by Gasteiger charge is -2.29. The Bertz CT molecular complexity index is 1160. The molecule has 3 N–H and O–H groups in total. The van der Waals surface area contributed by atoms with Crippen molar-refractivity contribution < 1.29 is 33.4 Å². The molecule has 238 valence electrons. The quantitative estimate of drug-likeness (QED) is 0.136. The lowest BCUT2D eigenvalue weighted by atomic mass is 9.86. The number of nitrogens with one attached hydrogen (secondary N) is 3. The van der Waals surface area contributed by atoms with Crippen molar-refractivity contribution in [1.82, 2.24) is 16.0 Å². The van der Waals surface area contributed by atoms with E-state index < -0.39 is 35.5 Å². The van der Waals surface area contributed by atoms with E-state index in [0.29, 0.717) is 24.3 Å². The molecule has 0 aromatic carbocycles. The summed E-state index contributed by atoms with van der Waals surface area (Å²) in [5.41, 5.74) is 0.368. The fourth-order valence-corrected chi connectivity index (χ4v) is 4.06. The smallest absolute Gasteiger partial charge is 0.407 e. The highest BCUT2D eigenvalue weighted by Crippen LogP contribution is 2.23. The summed E-state index contributed by atoms with van der Waals surface area (Å²) in [6.07, 6.45) is 15.2. The molecule has 1 aliphatic rings. The summed E-state index contributed by atoms with van der Waals surface area (Å²) in [4.78, 5) is 49.1. The molecule has 43 heavy (non-hydrogen) atoms. The van der Waals surface area contributed by atoms with Crippen LogP contribution in [0.3, 0.4) is 0 Å². The van der Waals surface area contributed by atoms with Gasteiger partial charge in [0.25, 0.3) is 0 Å². The number of esters is 1. The molecule has 1 aliphatic heterocycles. The Kier molecular flexibility index (Phi) is 16.2. The highest BCUT2D eigenvalue weighted by Gasteiger charge is 2.32. The molecule has 3 amide bonds. The van der Waals surface area contributed by atoms with Crippen LogP contribution in [0.25, 0.3) is 0 Å². The van der Waals surface area contributed by atoms with Crippen LogP contribution in [0.2, 0.25) is 0 Å². The predicted octanol–water partition coefficient (Wildman–Crippen LogP) is 5.34. The molecule has 11 heteroatoms. The van der Waals surface area contributed by atoms with Gasteiger partial charge >= 0.3 is 12.1 Å². The minimum absolute atomic E-state index is 0.0171. The van der Waals surface area contributed by atoms with E-state index in [0.717, 1.165) is 5.57 Å². The van der Waals surface area contributed by atoms with E-state index in [4.69, 9.17) is 25.8 Å². The molecule has 0 unspecified atom stereocenters. The number of cyclic esters (lactones) is 1. The van der Waals surface area contributed by atoms with Crippen molar-refractivity contribution in [2.45, 2.75) is 79.1 Å². The molecule has 1 heterocycles. The number of allylic oxidation sites excluding steroid dienone is 5. The van der Waals surface area contributed by atoms with Gasteiger partial charge in [0.15, 0.2) is 5.76 Å². The molecule has 0 radical (unpaired) electrons. The molecule has 4 atom stereocenters. The number of amides is 3. The molecule has 0 saturated carbocycles. The van der Waals surface area contributed by atoms with Gasteiger partial charge in [0, 0.05) is 43.3 Å². The van der Waals surface area contributed by atoms with Gasteiger partial charge in [-0.25, -0.2) is 9.59 Å². The molecule has 1 rings (SSSR count). The zero-order valence-electron chi connectivity index (χ0n) is 26.4. The van der Waals surface area contributed by atoms with Gasteiger partial charge in [-0.15, -0.1) is 0 Å². The van der Waals surface area contributed by atoms with E-state index in [9.17, 15) is 19.2 Å².